The number of halogens is 3. The molecule has 0 saturated carbocycles. The Labute approximate surface area is 216 Å². The van der Waals surface area contributed by atoms with Crippen molar-refractivity contribution in [3.05, 3.63) is 79.6 Å². The number of nitrogens with zero attached hydrogens (tertiary/aromatic N) is 1. The van der Waals surface area contributed by atoms with Crippen LogP contribution in [0.5, 0.6) is 5.75 Å². The summed E-state index contributed by atoms with van der Waals surface area (Å²) in [5, 5.41) is 11.2. The number of aliphatic imine (C=N–C) groups is 1. The Morgan fingerprint density at radius 1 is 1.14 bits per heavy atom. The van der Waals surface area contributed by atoms with Crippen LogP contribution in [0.4, 0.5) is 4.39 Å². The van der Waals surface area contributed by atoms with Gasteiger partial charge in [-0.25, -0.2) is 14.2 Å². The molecule has 0 saturated heterocycles. The average Bonchev–Trinajstić information content (AvgIpc) is 3.09. The molecule has 0 bridgehead atoms. The van der Waals surface area contributed by atoms with Gasteiger partial charge in [-0.15, -0.1) is 0 Å². The lowest BCUT2D eigenvalue weighted by Gasteiger charge is -2.11. The molecule has 184 valence electrons. The zero-order valence-electron chi connectivity index (χ0n) is 18.9. The molecule has 35 heavy (non-hydrogen) atoms. The van der Waals surface area contributed by atoms with E-state index in [1.54, 1.807) is 37.3 Å². The maximum absolute atomic E-state index is 13.1. The van der Waals surface area contributed by atoms with Gasteiger partial charge in [0.1, 0.15) is 28.8 Å². The summed E-state index contributed by atoms with van der Waals surface area (Å²) in [5.74, 6) is -1.62. The number of thioether (sulfide) groups is 1. The molecule has 1 amide bonds. The van der Waals surface area contributed by atoms with Crippen molar-refractivity contribution in [1.82, 2.24) is 0 Å². The second kappa shape index (κ2) is 12.2. The molecule has 1 aliphatic heterocycles. The largest absolute Gasteiger partial charge is 0.506 e. The Hall–Kier alpha value is -2.81. The van der Waals surface area contributed by atoms with Crippen molar-refractivity contribution in [3.8, 4) is 5.75 Å². The molecule has 1 N–H and O–H groups in total. The first-order valence-electron chi connectivity index (χ1n) is 10.7. The Morgan fingerprint density at radius 3 is 2.40 bits per heavy atom. The highest BCUT2D eigenvalue weighted by molar-refractivity contribution is 8.18. The van der Waals surface area contributed by atoms with E-state index in [1.807, 2.05) is 6.92 Å². The highest BCUT2D eigenvalue weighted by Crippen LogP contribution is 2.41. The molecule has 0 atom stereocenters. The van der Waals surface area contributed by atoms with Crippen LogP contribution in [0.3, 0.4) is 0 Å². The monoisotopic (exact) mass is 537 g/mol. The highest BCUT2D eigenvalue weighted by Gasteiger charge is 2.33. The van der Waals surface area contributed by atoms with E-state index in [1.165, 1.54) is 12.1 Å². The number of carbonyl (C=O) groups is 2. The van der Waals surface area contributed by atoms with Crippen molar-refractivity contribution in [1.29, 1.82) is 0 Å². The molecule has 0 aromatic heterocycles. The summed E-state index contributed by atoms with van der Waals surface area (Å²) in [6.45, 7) is 3.70. The number of esters is 1. The van der Waals surface area contributed by atoms with Crippen LogP contribution in [0.2, 0.25) is 10.0 Å². The molecule has 1 aliphatic rings. The molecular weight excluding hydrogens is 516 g/mol. The molecule has 6 nitrogen and oxygen atoms in total. The first-order valence-corrected chi connectivity index (χ1v) is 12.3. The van der Waals surface area contributed by atoms with Gasteiger partial charge in [0.25, 0.3) is 0 Å². The van der Waals surface area contributed by atoms with Gasteiger partial charge in [-0.05, 0) is 54.8 Å². The zero-order valence-corrected chi connectivity index (χ0v) is 21.3. The third-order valence-electron chi connectivity index (χ3n) is 4.68. The van der Waals surface area contributed by atoms with E-state index in [2.05, 4.69) is 4.99 Å². The number of rotatable bonds is 8. The summed E-state index contributed by atoms with van der Waals surface area (Å²) in [6.07, 6.45) is 2.37. The van der Waals surface area contributed by atoms with E-state index in [0.29, 0.717) is 12.0 Å². The normalized spacial score (nSPS) is 15.7. The topological polar surface area (TPSA) is 85.2 Å². The van der Waals surface area contributed by atoms with Crippen LogP contribution >= 0.6 is 35.0 Å². The summed E-state index contributed by atoms with van der Waals surface area (Å²) in [5.41, 5.74) is 1.09. The third kappa shape index (κ3) is 6.87. The van der Waals surface area contributed by atoms with Crippen LogP contribution in [0.25, 0.3) is 6.08 Å². The molecule has 10 heteroatoms. The fourth-order valence-corrected chi connectivity index (χ4v) is 4.71. The van der Waals surface area contributed by atoms with Crippen molar-refractivity contribution < 1.29 is 28.6 Å². The first-order chi connectivity index (χ1) is 16.7. The average molecular weight is 538 g/mol. The molecule has 0 radical (unpaired) electrons. The molecule has 2 aromatic rings. The predicted molar refractivity (Wildman–Crippen MR) is 136 cm³/mol. The Bertz CT molecular complexity index is 1200. The van der Waals surface area contributed by atoms with E-state index in [-0.39, 0.29) is 62.5 Å². The molecule has 3 rings (SSSR count). The van der Waals surface area contributed by atoms with Crippen molar-refractivity contribution >= 4 is 58.0 Å². The number of ether oxygens (including phenoxy) is 2. The van der Waals surface area contributed by atoms with Crippen molar-refractivity contribution in [2.45, 2.75) is 33.3 Å². The first kappa shape index (κ1) is 26.8. The van der Waals surface area contributed by atoms with E-state index >= 15 is 0 Å². The van der Waals surface area contributed by atoms with E-state index in [0.717, 1.165) is 17.3 Å². The van der Waals surface area contributed by atoms with Crippen LogP contribution in [0, 0.1) is 5.82 Å². The second-order valence-electron chi connectivity index (χ2n) is 7.34. The van der Waals surface area contributed by atoms with Gasteiger partial charge >= 0.3 is 5.97 Å². The quantitative estimate of drug-likeness (QED) is 0.368. The third-order valence-corrected chi connectivity index (χ3v) is 6.26. The number of aliphatic hydroxyl groups is 1. The molecule has 0 fully saturated rings. The summed E-state index contributed by atoms with van der Waals surface area (Å²) < 4.78 is 23.8. The molecule has 2 aromatic carbocycles. The molecule has 1 heterocycles. The predicted octanol–water partition coefficient (Wildman–Crippen LogP) is 6.90. The highest BCUT2D eigenvalue weighted by atomic mass is 35.5. The van der Waals surface area contributed by atoms with Crippen molar-refractivity contribution in [3.63, 3.8) is 0 Å². The van der Waals surface area contributed by atoms with Crippen molar-refractivity contribution in [2.75, 3.05) is 6.61 Å². The zero-order chi connectivity index (χ0) is 25.5. The number of aliphatic hydroxyl groups excluding tert-OH is 1. The van der Waals surface area contributed by atoms with Crippen LogP contribution in [-0.4, -0.2) is 28.6 Å². The van der Waals surface area contributed by atoms with Gasteiger partial charge in [0.05, 0.1) is 21.6 Å². The Morgan fingerprint density at radius 2 is 1.80 bits per heavy atom. The summed E-state index contributed by atoms with van der Waals surface area (Å²) >= 11 is 13.7. The lowest BCUT2D eigenvalue weighted by molar-refractivity contribution is -0.138. The van der Waals surface area contributed by atoms with E-state index in [4.69, 9.17) is 32.7 Å². The van der Waals surface area contributed by atoms with E-state index < -0.39 is 11.9 Å². The number of hydrogen-bond acceptors (Lipinski definition) is 6. The fraction of sp³-hybridized carbons (Fsp3) is 0.240. The summed E-state index contributed by atoms with van der Waals surface area (Å²) in [7, 11) is 0. The van der Waals surface area contributed by atoms with Gasteiger partial charge in [0, 0.05) is 6.42 Å². The number of hydrogen-bond donors (Lipinski definition) is 1. The van der Waals surface area contributed by atoms with Crippen LogP contribution in [0.1, 0.15) is 37.8 Å². The Balaban J connectivity index is 1.88. The lowest BCUT2D eigenvalue weighted by atomic mass is 10.1. The number of carbonyl (C=O) groups excluding carboxylic acids is 2. The minimum absolute atomic E-state index is 0.0714. The summed E-state index contributed by atoms with van der Waals surface area (Å²) in [4.78, 5) is 28.7. The van der Waals surface area contributed by atoms with Crippen LogP contribution < -0.4 is 4.74 Å². The van der Waals surface area contributed by atoms with Gasteiger partial charge in [-0.3, -0.25) is 4.79 Å². The maximum Gasteiger partial charge on any atom is 0.344 e. The smallest absolute Gasteiger partial charge is 0.344 e. The van der Waals surface area contributed by atoms with Crippen LogP contribution in [-0.2, 0) is 20.9 Å². The molecule has 0 spiro atoms. The maximum atomic E-state index is 13.1. The summed E-state index contributed by atoms with van der Waals surface area (Å²) in [6, 6.07) is 9.00. The number of amides is 1. The second-order valence-corrected chi connectivity index (χ2v) is 9.19. The van der Waals surface area contributed by atoms with E-state index in [9.17, 15) is 19.1 Å². The molecule has 0 aliphatic carbocycles. The van der Waals surface area contributed by atoms with Gasteiger partial charge < -0.3 is 14.6 Å². The van der Waals surface area contributed by atoms with Gasteiger partial charge in [0.15, 0.2) is 5.75 Å². The van der Waals surface area contributed by atoms with Crippen molar-refractivity contribution in [2.24, 2.45) is 4.99 Å². The fourth-order valence-electron chi connectivity index (χ4n) is 3.06. The van der Waals surface area contributed by atoms with Gasteiger partial charge in [0.2, 0.25) is 5.91 Å². The number of benzene rings is 2. The molecule has 0 unspecified atom stereocenters. The molecular formula is C25H22Cl2FNO5S. The van der Waals surface area contributed by atoms with Crippen LogP contribution in [0.15, 0.2) is 57.6 Å². The SMILES string of the molecule is CCCC(=O)N=C1S/C(=C\c2cc(Cl)c(OCc3ccc(F)cc3)c(Cl)c2)C(O)=C1C(=O)OCC. The standard InChI is InChI=1S/C25H22Cl2FNO5S/c1-3-5-20(30)29-24-21(25(32)33-4-2)22(31)19(35-24)12-15-10-17(26)23(18(27)11-15)34-13-14-6-8-16(28)9-7-14/h6-12,31H,3-5,13H2,1-2H3/b19-12-,29-24?. The Kier molecular flexibility index (Phi) is 9.37. The van der Waals surface area contributed by atoms with Gasteiger partial charge in [-0.1, -0.05) is 54.0 Å². The minimum Gasteiger partial charge on any atom is -0.506 e. The minimum atomic E-state index is -0.774. The lowest BCUT2D eigenvalue weighted by Crippen LogP contribution is -2.14. The van der Waals surface area contributed by atoms with Gasteiger partial charge in [-0.2, -0.15) is 0 Å².